The lowest BCUT2D eigenvalue weighted by Gasteiger charge is -2.41. The van der Waals surface area contributed by atoms with Gasteiger partial charge < -0.3 is 19.3 Å². The normalized spacial score (nSPS) is 18.7. The Labute approximate surface area is 273 Å². The fourth-order valence-electron chi connectivity index (χ4n) is 5.48. The van der Waals surface area contributed by atoms with E-state index in [0.717, 1.165) is 0 Å². The molecule has 0 aromatic heterocycles. The predicted octanol–water partition coefficient (Wildman–Crippen LogP) is 6.42. The van der Waals surface area contributed by atoms with E-state index in [9.17, 15) is 27.6 Å². The third-order valence-corrected chi connectivity index (χ3v) is 7.71. The number of likely N-dealkylation sites (N-methyl/N-ethyl adjacent to an activating group) is 1. The molecule has 46 heavy (non-hydrogen) atoms. The lowest BCUT2D eigenvalue weighted by atomic mass is 9.84. The standard InChI is InChI=1S/C36H33F3N2O5/c1-40(2)22-27-17-25(15-16-41(27)34(42)19-26-18-31(38)32(39)21-30(26)37)29-20-28(45-35(43)23-9-5-3-6-10-23)13-14-33(29)46-36(44)24-11-7-4-8-12-24/h3-14,18,20-21,25,27H,15-17,19,22H2,1-2H3/t25-,27?/m0/s1/i1D3,2D3. The van der Waals surface area contributed by atoms with Crippen LogP contribution in [0.1, 0.15) is 58.8 Å². The molecule has 1 saturated heterocycles. The number of hydrogen-bond acceptors (Lipinski definition) is 6. The van der Waals surface area contributed by atoms with Crippen molar-refractivity contribution >= 4 is 17.8 Å². The van der Waals surface area contributed by atoms with E-state index in [1.165, 1.54) is 23.1 Å². The molecule has 0 aliphatic carbocycles. The van der Waals surface area contributed by atoms with Gasteiger partial charge in [-0.1, -0.05) is 36.4 Å². The van der Waals surface area contributed by atoms with Crippen LogP contribution in [-0.4, -0.2) is 60.7 Å². The van der Waals surface area contributed by atoms with Gasteiger partial charge in [-0.2, -0.15) is 0 Å². The number of rotatable bonds is 9. The summed E-state index contributed by atoms with van der Waals surface area (Å²) < 4.78 is 101. The summed E-state index contributed by atoms with van der Waals surface area (Å²) in [7, 11) is 0. The maximum atomic E-state index is 14.6. The highest BCUT2D eigenvalue weighted by Crippen LogP contribution is 2.39. The van der Waals surface area contributed by atoms with Gasteiger partial charge in [0.1, 0.15) is 17.3 Å². The van der Waals surface area contributed by atoms with Gasteiger partial charge in [-0.15, -0.1) is 0 Å². The topological polar surface area (TPSA) is 76.2 Å². The highest BCUT2D eigenvalue weighted by molar-refractivity contribution is 5.92. The second-order valence-corrected chi connectivity index (χ2v) is 10.8. The molecule has 1 aliphatic rings. The molecule has 1 aliphatic heterocycles. The van der Waals surface area contributed by atoms with Gasteiger partial charge in [-0.25, -0.2) is 22.8 Å². The molecule has 2 atom stereocenters. The first-order valence-corrected chi connectivity index (χ1v) is 14.4. The summed E-state index contributed by atoms with van der Waals surface area (Å²) in [6.45, 7) is -7.05. The number of likely N-dealkylation sites (tertiary alicyclic amines) is 1. The minimum absolute atomic E-state index is 0.0734. The summed E-state index contributed by atoms with van der Waals surface area (Å²) in [5.74, 6) is -6.62. The first-order valence-electron chi connectivity index (χ1n) is 17.4. The summed E-state index contributed by atoms with van der Waals surface area (Å²) in [4.78, 5) is 41.2. The summed E-state index contributed by atoms with van der Waals surface area (Å²) in [5, 5.41) is 0. The molecule has 0 spiro atoms. The number of benzene rings is 4. The maximum Gasteiger partial charge on any atom is 0.343 e. The quantitative estimate of drug-likeness (QED) is 0.120. The average molecular weight is 637 g/mol. The van der Waals surface area contributed by atoms with Gasteiger partial charge in [0.2, 0.25) is 5.91 Å². The van der Waals surface area contributed by atoms with Crippen LogP contribution in [0.15, 0.2) is 91.0 Å². The number of esters is 2. The average Bonchev–Trinajstić information content (AvgIpc) is 3.09. The van der Waals surface area contributed by atoms with Crippen LogP contribution in [0.5, 0.6) is 11.5 Å². The number of halogens is 3. The van der Waals surface area contributed by atoms with E-state index in [0.29, 0.717) is 22.6 Å². The molecule has 0 saturated carbocycles. The first kappa shape index (κ1) is 25.3. The minimum Gasteiger partial charge on any atom is -0.423 e. The molecule has 1 heterocycles. The Kier molecular flexibility index (Phi) is 7.92. The molecule has 1 unspecified atom stereocenters. The van der Waals surface area contributed by atoms with E-state index in [4.69, 9.17) is 17.7 Å². The molecule has 1 fully saturated rings. The minimum atomic E-state index is -3.12. The SMILES string of the molecule is [2H]C([2H])([2H])N(CC1C[C@@H](c2cc(OC(=O)c3ccccc3)ccc2OC(=O)c2ccccc2)CCN1C(=O)Cc1cc(F)c(F)cc1F)C([2H])([2H])[2H]. The highest BCUT2D eigenvalue weighted by Gasteiger charge is 2.35. The molecular weight excluding hydrogens is 597 g/mol. The fraction of sp³-hybridized carbons (Fsp3) is 0.250. The van der Waals surface area contributed by atoms with Crippen molar-refractivity contribution in [1.82, 2.24) is 9.80 Å². The summed E-state index contributed by atoms with van der Waals surface area (Å²) in [5.41, 5.74) is 0.404. The van der Waals surface area contributed by atoms with Crippen LogP contribution in [0.25, 0.3) is 0 Å². The Morgan fingerprint density at radius 2 is 1.46 bits per heavy atom. The number of piperidine rings is 1. The summed E-state index contributed by atoms with van der Waals surface area (Å²) in [6, 6.07) is 20.3. The fourth-order valence-corrected chi connectivity index (χ4v) is 5.48. The second kappa shape index (κ2) is 14.4. The second-order valence-electron chi connectivity index (χ2n) is 10.8. The largest absolute Gasteiger partial charge is 0.423 e. The van der Waals surface area contributed by atoms with Crippen molar-refractivity contribution in [3.05, 3.63) is 131 Å². The van der Waals surface area contributed by atoms with Gasteiger partial charge >= 0.3 is 11.9 Å². The van der Waals surface area contributed by atoms with Gasteiger partial charge in [0.15, 0.2) is 11.6 Å². The number of nitrogens with zero attached hydrogens (tertiary/aromatic N) is 2. The van der Waals surface area contributed by atoms with Crippen LogP contribution >= 0.6 is 0 Å². The van der Waals surface area contributed by atoms with Crippen molar-refractivity contribution in [1.29, 1.82) is 0 Å². The smallest absolute Gasteiger partial charge is 0.343 e. The van der Waals surface area contributed by atoms with Crippen LogP contribution in [-0.2, 0) is 11.2 Å². The van der Waals surface area contributed by atoms with E-state index in [2.05, 4.69) is 0 Å². The number of ether oxygens (including phenoxy) is 2. The third kappa shape index (κ3) is 7.81. The van der Waals surface area contributed by atoms with Gasteiger partial charge in [-0.3, -0.25) is 4.79 Å². The summed E-state index contributed by atoms with van der Waals surface area (Å²) in [6.07, 6.45) is -0.659. The number of hydrogen-bond donors (Lipinski definition) is 0. The number of carbonyl (C=O) groups is 3. The van der Waals surface area contributed by atoms with Crippen LogP contribution in [0.3, 0.4) is 0 Å². The van der Waals surface area contributed by atoms with E-state index in [1.807, 2.05) is 0 Å². The van der Waals surface area contributed by atoms with Crippen molar-refractivity contribution in [2.45, 2.75) is 31.2 Å². The zero-order chi connectivity index (χ0) is 37.8. The zero-order valence-electron chi connectivity index (χ0n) is 30.4. The van der Waals surface area contributed by atoms with Gasteiger partial charge in [0.25, 0.3) is 0 Å². The lowest BCUT2D eigenvalue weighted by molar-refractivity contribution is -0.134. The highest BCUT2D eigenvalue weighted by atomic mass is 19.2. The molecule has 1 amide bonds. The first-order chi connectivity index (χ1) is 24.5. The van der Waals surface area contributed by atoms with E-state index in [1.54, 1.807) is 60.7 Å². The van der Waals surface area contributed by atoms with E-state index in [-0.39, 0.29) is 42.0 Å². The van der Waals surface area contributed by atoms with Crippen molar-refractivity contribution in [3.63, 3.8) is 0 Å². The van der Waals surface area contributed by atoms with Gasteiger partial charge in [-0.05, 0) is 81.2 Å². The lowest BCUT2D eigenvalue weighted by Crippen LogP contribution is -2.50. The van der Waals surface area contributed by atoms with Crippen molar-refractivity contribution in [3.8, 4) is 11.5 Å². The van der Waals surface area contributed by atoms with Crippen LogP contribution < -0.4 is 9.47 Å². The van der Waals surface area contributed by atoms with Crippen molar-refractivity contribution < 1.29 is 45.3 Å². The molecule has 10 heteroatoms. The van der Waals surface area contributed by atoms with Crippen LogP contribution in [0.4, 0.5) is 13.2 Å². The molecule has 0 radical (unpaired) electrons. The van der Waals surface area contributed by atoms with Gasteiger partial charge in [0.05, 0.1) is 17.5 Å². The van der Waals surface area contributed by atoms with Crippen LogP contribution in [0, 0.1) is 17.5 Å². The molecule has 0 bridgehead atoms. The van der Waals surface area contributed by atoms with E-state index >= 15 is 0 Å². The Hall–Kier alpha value is -4.96. The molecule has 4 aromatic carbocycles. The zero-order valence-corrected chi connectivity index (χ0v) is 24.4. The Bertz CT molecular complexity index is 1920. The number of amides is 1. The predicted molar refractivity (Wildman–Crippen MR) is 165 cm³/mol. The Morgan fingerprint density at radius 3 is 2.11 bits per heavy atom. The number of carbonyl (C=O) groups excluding carboxylic acids is 3. The van der Waals surface area contributed by atoms with E-state index < -0.39 is 79.7 Å². The molecule has 238 valence electrons. The molecule has 7 nitrogen and oxygen atoms in total. The van der Waals surface area contributed by atoms with Crippen molar-refractivity contribution in [2.24, 2.45) is 0 Å². The monoisotopic (exact) mass is 636 g/mol. The van der Waals surface area contributed by atoms with Crippen LogP contribution in [0.2, 0.25) is 0 Å². The third-order valence-electron chi connectivity index (χ3n) is 7.71. The summed E-state index contributed by atoms with van der Waals surface area (Å²) >= 11 is 0. The molecule has 4 aromatic rings. The molecular formula is C36H33F3N2O5. The van der Waals surface area contributed by atoms with Gasteiger partial charge in [0, 0.05) is 44.5 Å². The maximum absolute atomic E-state index is 14.6. The van der Waals surface area contributed by atoms with Crippen molar-refractivity contribution in [2.75, 3.05) is 27.0 Å². The molecule has 5 rings (SSSR count). The molecule has 0 N–H and O–H groups in total. The Morgan fingerprint density at radius 1 is 0.826 bits per heavy atom. The Balaban J connectivity index is 1.51.